The van der Waals surface area contributed by atoms with E-state index in [-0.39, 0.29) is 23.9 Å². The maximum Gasteiger partial charge on any atom is 0.244 e. The summed E-state index contributed by atoms with van der Waals surface area (Å²) in [6.45, 7) is -0.556. The average Bonchev–Trinajstić information content (AvgIpc) is 2.83. The van der Waals surface area contributed by atoms with E-state index in [0.29, 0.717) is 12.0 Å². The van der Waals surface area contributed by atoms with Gasteiger partial charge in [-0.25, -0.2) is 0 Å². The number of rotatable bonds is 10. The van der Waals surface area contributed by atoms with Gasteiger partial charge in [0.05, 0.1) is 6.04 Å². The smallest absolute Gasteiger partial charge is 0.244 e. The maximum absolute atomic E-state index is 13.1. The third kappa shape index (κ3) is 6.86. The van der Waals surface area contributed by atoms with Crippen molar-refractivity contribution in [2.45, 2.75) is 18.9 Å². The van der Waals surface area contributed by atoms with E-state index in [9.17, 15) is 14.4 Å². The average molecular weight is 428 g/mol. The molecule has 5 nitrogen and oxygen atoms in total. The first kappa shape index (κ1) is 22.8. The van der Waals surface area contributed by atoms with Gasteiger partial charge < -0.3 is 10.4 Å². The quantitative estimate of drug-likeness (QED) is 0.384. The van der Waals surface area contributed by atoms with Gasteiger partial charge in [0, 0.05) is 18.1 Å². The summed E-state index contributed by atoms with van der Waals surface area (Å²) < 4.78 is 0. The van der Waals surface area contributed by atoms with Crippen LogP contribution in [0.1, 0.15) is 27.0 Å². The van der Waals surface area contributed by atoms with Gasteiger partial charge in [-0.3, -0.25) is 14.4 Å². The lowest BCUT2D eigenvalue weighted by Crippen LogP contribution is -2.42. The van der Waals surface area contributed by atoms with Crippen molar-refractivity contribution in [1.29, 1.82) is 0 Å². The van der Waals surface area contributed by atoms with E-state index >= 15 is 0 Å². The number of aliphatic hydroxyl groups is 1. The first-order valence-electron chi connectivity index (χ1n) is 10.4. The maximum atomic E-state index is 13.1. The van der Waals surface area contributed by atoms with Crippen molar-refractivity contribution < 1.29 is 19.5 Å². The monoisotopic (exact) mass is 427 g/mol. The first-order chi connectivity index (χ1) is 15.5. The Balaban J connectivity index is 1.71. The Morgan fingerprint density at radius 1 is 0.812 bits per heavy atom. The van der Waals surface area contributed by atoms with Gasteiger partial charge in [0.25, 0.3) is 0 Å². The number of carbonyl (C=O) groups is 3. The zero-order valence-electron chi connectivity index (χ0n) is 17.6. The molecule has 3 rings (SSSR count). The molecule has 32 heavy (non-hydrogen) atoms. The Hall–Kier alpha value is -3.83. The van der Waals surface area contributed by atoms with Crippen molar-refractivity contribution >= 4 is 23.5 Å². The Kier molecular flexibility index (Phi) is 8.23. The summed E-state index contributed by atoms with van der Waals surface area (Å²) in [5, 5.41) is 11.8. The van der Waals surface area contributed by atoms with Gasteiger partial charge in [-0.2, -0.15) is 0 Å². The molecule has 0 spiro atoms. The molecule has 2 N–H and O–H groups in total. The number of nitrogens with one attached hydrogen (secondary N) is 1. The van der Waals surface area contributed by atoms with Crippen LogP contribution in [0.4, 0.5) is 0 Å². The number of benzene rings is 3. The van der Waals surface area contributed by atoms with Crippen LogP contribution in [0.5, 0.6) is 0 Å². The minimum Gasteiger partial charge on any atom is -0.388 e. The highest BCUT2D eigenvalue weighted by Gasteiger charge is 2.21. The fourth-order valence-corrected chi connectivity index (χ4v) is 3.28. The van der Waals surface area contributed by atoms with Gasteiger partial charge in [-0.1, -0.05) is 84.9 Å². The second-order valence-corrected chi connectivity index (χ2v) is 7.42. The van der Waals surface area contributed by atoms with Gasteiger partial charge in [0.1, 0.15) is 6.61 Å². The van der Waals surface area contributed by atoms with Gasteiger partial charge in [0.15, 0.2) is 11.6 Å². The van der Waals surface area contributed by atoms with E-state index in [2.05, 4.69) is 5.32 Å². The molecule has 0 heterocycles. The Morgan fingerprint density at radius 3 is 2.06 bits per heavy atom. The molecule has 0 aliphatic carbocycles. The van der Waals surface area contributed by atoms with Crippen molar-refractivity contribution in [3.05, 3.63) is 113 Å². The van der Waals surface area contributed by atoms with Crippen molar-refractivity contribution in [3.8, 4) is 0 Å². The highest BCUT2D eigenvalue weighted by molar-refractivity contribution is 5.98. The molecule has 1 atom stereocenters. The van der Waals surface area contributed by atoms with Gasteiger partial charge in [-0.15, -0.1) is 0 Å². The summed E-state index contributed by atoms with van der Waals surface area (Å²) in [6, 6.07) is 24.9. The molecule has 0 unspecified atom stereocenters. The second-order valence-electron chi connectivity index (χ2n) is 7.42. The van der Waals surface area contributed by atoms with E-state index < -0.39 is 12.6 Å². The van der Waals surface area contributed by atoms with Crippen molar-refractivity contribution in [1.82, 2.24) is 5.32 Å². The lowest BCUT2D eigenvalue weighted by Gasteiger charge is -2.17. The summed E-state index contributed by atoms with van der Waals surface area (Å²) in [4.78, 5) is 37.1. The summed E-state index contributed by atoms with van der Waals surface area (Å²) in [7, 11) is 0. The number of hydrogen-bond donors (Lipinski definition) is 2. The van der Waals surface area contributed by atoms with Crippen molar-refractivity contribution in [3.63, 3.8) is 0 Å². The summed E-state index contributed by atoms with van der Waals surface area (Å²) >= 11 is 0. The normalized spacial score (nSPS) is 11.8. The highest BCUT2D eigenvalue weighted by Crippen LogP contribution is 2.11. The molecule has 0 aromatic heterocycles. The molecular formula is C27H25NO4. The van der Waals surface area contributed by atoms with Gasteiger partial charge >= 0.3 is 0 Å². The van der Waals surface area contributed by atoms with Crippen molar-refractivity contribution in [2.75, 3.05) is 6.61 Å². The fourth-order valence-electron chi connectivity index (χ4n) is 3.28. The predicted molar refractivity (Wildman–Crippen MR) is 124 cm³/mol. The molecule has 162 valence electrons. The summed E-state index contributed by atoms with van der Waals surface area (Å²) in [5.74, 6) is -0.842. The molecule has 0 radical (unpaired) electrons. The van der Waals surface area contributed by atoms with E-state index in [1.165, 1.54) is 6.08 Å². The third-order valence-corrected chi connectivity index (χ3v) is 5.01. The van der Waals surface area contributed by atoms with Crippen LogP contribution in [0.25, 0.3) is 6.08 Å². The van der Waals surface area contributed by atoms with E-state index in [1.54, 1.807) is 30.3 Å². The molecule has 0 aliphatic heterocycles. The minimum absolute atomic E-state index is 0.119. The van der Waals surface area contributed by atoms with Crippen LogP contribution in [-0.2, 0) is 22.4 Å². The molecule has 0 saturated heterocycles. The number of Topliss-reactive ketones (excluding diaryl/α,β-unsaturated/α-hetero) is 2. The van der Waals surface area contributed by atoms with Crippen LogP contribution in [0, 0.1) is 0 Å². The van der Waals surface area contributed by atoms with E-state index in [1.807, 2.05) is 60.7 Å². The number of carbonyl (C=O) groups excluding carboxylic acids is 3. The van der Waals surface area contributed by atoms with E-state index in [0.717, 1.165) is 16.7 Å². The Labute approximate surface area is 187 Å². The van der Waals surface area contributed by atoms with E-state index in [4.69, 9.17) is 5.11 Å². The largest absolute Gasteiger partial charge is 0.388 e. The topological polar surface area (TPSA) is 83.5 Å². The molecule has 3 aromatic rings. The Bertz CT molecular complexity index is 1070. The number of hydrogen-bond acceptors (Lipinski definition) is 4. The summed E-state index contributed by atoms with van der Waals surface area (Å²) in [6.07, 6.45) is 3.63. The SMILES string of the molecule is O=C(/C=C\c1ccccc1)N[C@@H](Cc1ccccc1)C(=O)Cc1ccc(C(=O)CO)cc1. The van der Waals surface area contributed by atoms with Crippen LogP contribution in [0.2, 0.25) is 0 Å². The zero-order chi connectivity index (χ0) is 22.8. The Morgan fingerprint density at radius 2 is 1.44 bits per heavy atom. The molecule has 1 amide bonds. The molecule has 0 saturated carbocycles. The number of amides is 1. The van der Waals surface area contributed by atoms with Crippen LogP contribution in [-0.4, -0.2) is 35.2 Å². The van der Waals surface area contributed by atoms with Crippen molar-refractivity contribution in [2.24, 2.45) is 0 Å². The zero-order valence-corrected chi connectivity index (χ0v) is 17.6. The highest BCUT2D eigenvalue weighted by atomic mass is 16.3. The van der Waals surface area contributed by atoms with Crippen LogP contribution in [0.15, 0.2) is 91.0 Å². The van der Waals surface area contributed by atoms with Crippen LogP contribution >= 0.6 is 0 Å². The molecule has 3 aromatic carbocycles. The molecule has 0 fully saturated rings. The molecule has 0 bridgehead atoms. The third-order valence-electron chi connectivity index (χ3n) is 5.01. The minimum atomic E-state index is -0.691. The fraction of sp³-hybridized carbons (Fsp3) is 0.148. The molecular weight excluding hydrogens is 402 g/mol. The number of ketones is 2. The lowest BCUT2D eigenvalue weighted by atomic mass is 9.97. The number of aliphatic hydroxyl groups excluding tert-OH is 1. The predicted octanol–water partition coefficient (Wildman–Crippen LogP) is 3.41. The first-order valence-corrected chi connectivity index (χ1v) is 10.4. The lowest BCUT2D eigenvalue weighted by molar-refractivity contribution is -0.125. The summed E-state index contributed by atoms with van der Waals surface area (Å²) in [5.41, 5.74) is 2.97. The van der Waals surface area contributed by atoms with Crippen LogP contribution in [0.3, 0.4) is 0 Å². The standard InChI is InChI=1S/C27H25NO4/c29-19-26(31)23-14-11-22(12-15-23)18-25(30)24(17-21-9-5-2-6-10-21)28-27(32)16-13-20-7-3-1-4-8-20/h1-16,24,29H,17-19H2,(H,28,32)/b16-13-/t24-/m0/s1. The molecule has 5 heteroatoms. The van der Waals surface area contributed by atoms with Gasteiger partial charge in [-0.05, 0) is 29.2 Å². The van der Waals surface area contributed by atoms with Gasteiger partial charge in [0.2, 0.25) is 5.91 Å². The van der Waals surface area contributed by atoms with Crippen LogP contribution < -0.4 is 5.32 Å². The second kappa shape index (κ2) is 11.5. The molecule has 0 aliphatic rings.